The van der Waals surface area contributed by atoms with Gasteiger partial charge < -0.3 is 5.32 Å². The SMILES string of the molecule is O=C1NC(=O)C2(CC(Br)c3ccccc32)N1. The number of carbonyl (C=O) groups is 2. The van der Waals surface area contributed by atoms with E-state index in [0.29, 0.717) is 6.42 Å². The molecule has 5 heteroatoms. The van der Waals surface area contributed by atoms with E-state index in [1.165, 1.54) is 0 Å². The summed E-state index contributed by atoms with van der Waals surface area (Å²) in [6, 6.07) is 7.26. The number of halogens is 1. The van der Waals surface area contributed by atoms with Crippen molar-refractivity contribution in [3.05, 3.63) is 35.4 Å². The molecule has 3 amide bonds. The van der Waals surface area contributed by atoms with Crippen molar-refractivity contribution in [3.63, 3.8) is 0 Å². The largest absolute Gasteiger partial charge is 0.322 e. The van der Waals surface area contributed by atoms with Gasteiger partial charge in [-0.15, -0.1) is 0 Å². The van der Waals surface area contributed by atoms with Crippen molar-refractivity contribution in [3.8, 4) is 0 Å². The van der Waals surface area contributed by atoms with Crippen molar-refractivity contribution in [1.29, 1.82) is 0 Å². The second kappa shape index (κ2) is 3.07. The predicted molar refractivity (Wildman–Crippen MR) is 61.1 cm³/mol. The Kier molecular flexibility index (Phi) is 1.89. The number of benzene rings is 1. The average molecular weight is 281 g/mol. The first-order chi connectivity index (χ1) is 7.63. The normalized spacial score (nSPS) is 31.4. The van der Waals surface area contributed by atoms with E-state index in [1.54, 1.807) is 0 Å². The smallest absolute Gasteiger partial charge is 0.319 e. The van der Waals surface area contributed by atoms with Gasteiger partial charge in [0.05, 0.1) is 0 Å². The van der Waals surface area contributed by atoms with Crippen LogP contribution in [0.5, 0.6) is 0 Å². The van der Waals surface area contributed by atoms with Gasteiger partial charge in [0.25, 0.3) is 5.91 Å². The Hall–Kier alpha value is -1.36. The molecule has 1 saturated heterocycles. The predicted octanol–water partition coefficient (Wildman–Crippen LogP) is 1.56. The number of carbonyl (C=O) groups excluding carboxylic acids is 2. The minimum Gasteiger partial charge on any atom is -0.319 e. The van der Waals surface area contributed by atoms with Crippen molar-refractivity contribution in [2.45, 2.75) is 16.8 Å². The zero-order valence-corrected chi connectivity index (χ0v) is 9.87. The van der Waals surface area contributed by atoms with Gasteiger partial charge in [-0.3, -0.25) is 10.1 Å². The molecule has 1 spiro atoms. The van der Waals surface area contributed by atoms with E-state index in [-0.39, 0.29) is 10.7 Å². The summed E-state index contributed by atoms with van der Waals surface area (Å²) in [5, 5.41) is 5.04. The van der Waals surface area contributed by atoms with Crippen LogP contribution in [0.15, 0.2) is 24.3 Å². The Balaban J connectivity index is 2.19. The number of hydrogen-bond donors (Lipinski definition) is 2. The summed E-state index contributed by atoms with van der Waals surface area (Å²) in [4.78, 5) is 23.3. The number of hydrogen-bond acceptors (Lipinski definition) is 2. The van der Waals surface area contributed by atoms with Gasteiger partial charge in [0.1, 0.15) is 5.54 Å². The van der Waals surface area contributed by atoms with Crippen molar-refractivity contribution in [1.82, 2.24) is 10.6 Å². The second-order valence-electron chi connectivity index (χ2n) is 4.07. The fraction of sp³-hybridized carbons (Fsp3) is 0.273. The third-order valence-electron chi connectivity index (χ3n) is 3.19. The second-order valence-corrected chi connectivity index (χ2v) is 5.18. The van der Waals surface area contributed by atoms with Crippen molar-refractivity contribution in [2.75, 3.05) is 0 Å². The molecule has 82 valence electrons. The van der Waals surface area contributed by atoms with E-state index >= 15 is 0 Å². The topological polar surface area (TPSA) is 58.2 Å². The first-order valence-corrected chi connectivity index (χ1v) is 5.92. The summed E-state index contributed by atoms with van der Waals surface area (Å²) in [6.07, 6.45) is 0.559. The highest BCUT2D eigenvalue weighted by Gasteiger charge is 2.53. The zero-order chi connectivity index (χ0) is 11.3. The van der Waals surface area contributed by atoms with E-state index in [2.05, 4.69) is 26.6 Å². The highest BCUT2D eigenvalue weighted by molar-refractivity contribution is 9.09. The number of fused-ring (bicyclic) bond motifs is 2. The molecule has 2 atom stereocenters. The van der Waals surface area contributed by atoms with Gasteiger partial charge in [-0.25, -0.2) is 4.79 Å². The van der Waals surface area contributed by atoms with Crippen LogP contribution in [0.4, 0.5) is 4.79 Å². The summed E-state index contributed by atoms with van der Waals surface area (Å²) in [6.45, 7) is 0. The molecule has 1 aliphatic heterocycles. The Bertz CT molecular complexity index is 503. The molecule has 0 radical (unpaired) electrons. The monoisotopic (exact) mass is 280 g/mol. The van der Waals surface area contributed by atoms with Gasteiger partial charge in [-0.2, -0.15) is 0 Å². The summed E-state index contributed by atoms with van der Waals surface area (Å²) in [5.74, 6) is -0.257. The van der Waals surface area contributed by atoms with Crippen molar-refractivity contribution < 1.29 is 9.59 Å². The molecule has 2 aliphatic rings. The molecule has 2 N–H and O–H groups in total. The molecule has 1 aromatic rings. The van der Waals surface area contributed by atoms with E-state index < -0.39 is 11.6 Å². The molecule has 1 aliphatic carbocycles. The average Bonchev–Trinajstić information content (AvgIpc) is 2.69. The minimum absolute atomic E-state index is 0.104. The fourth-order valence-electron chi connectivity index (χ4n) is 2.47. The quantitative estimate of drug-likeness (QED) is 0.560. The van der Waals surface area contributed by atoms with Crippen LogP contribution in [0.1, 0.15) is 22.4 Å². The fourth-order valence-corrected chi connectivity index (χ4v) is 3.36. The highest BCUT2D eigenvalue weighted by Crippen LogP contribution is 2.48. The molecule has 4 nitrogen and oxygen atoms in total. The Morgan fingerprint density at radius 3 is 2.75 bits per heavy atom. The molecule has 3 rings (SSSR count). The van der Waals surface area contributed by atoms with E-state index in [1.807, 2.05) is 24.3 Å². The lowest BCUT2D eigenvalue weighted by Gasteiger charge is -2.20. The molecule has 1 aromatic carbocycles. The van der Waals surface area contributed by atoms with Crippen LogP contribution in [0, 0.1) is 0 Å². The van der Waals surface area contributed by atoms with E-state index in [0.717, 1.165) is 11.1 Å². The van der Waals surface area contributed by atoms with Crippen LogP contribution in [-0.4, -0.2) is 11.9 Å². The van der Waals surface area contributed by atoms with Gasteiger partial charge >= 0.3 is 6.03 Å². The summed E-state index contributed by atoms with van der Waals surface area (Å²) in [7, 11) is 0. The number of urea groups is 1. The van der Waals surface area contributed by atoms with Crippen molar-refractivity contribution >= 4 is 27.9 Å². The van der Waals surface area contributed by atoms with Gasteiger partial charge in [0.15, 0.2) is 0 Å². The van der Waals surface area contributed by atoms with Gasteiger partial charge in [-0.05, 0) is 11.1 Å². The maximum atomic E-state index is 11.9. The standard InChI is InChI=1S/C11H9BrN2O2/c12-8-5-11(9(15)13-10(16)14-11)7-4-2-1-3-6(7)8/h1-4,8H,5H2,(H2,13,14,15,16). The van der Waals surface area contributed by atoms with E-state index in [4.69, 9.17) is 0 Å². The lowest BCUT2D eigenvalue weighted by molar-refractivity contribution is -0.124. The number of imide groups is 1. The summed E-state index contributed by atoms with van der Waals surface area (Å²) < 4.78 is 0. The lowest BCUT2D eigenvalue weighted by Crippen LogP contribution is -2.41. The number of nitrogens with one attached hydrogen (secondary N) is 2. The lowest BCUT2D eigenvalue weighted by atomic mass is 9.92. The molecule has 0 aromatic heterocycles. The third-order valence-corrected chi connectivity index (χ3v) is 4.00. The number of alkyl halides is 1. The van der Waals surface area contributed by atoms with Crippen LogP contribution in [0.2, 0.25) is 0 Å². The molecule has 1 fully saturated rings. The molecular formula is C11H9BrN2O2. The molecule has 2 unspecified atom stereocenters. The van der Waals surface area contributed by atoms with Gasteiger partial charge in [-0.1, -0.05) is 40.2 Å². The summed E-state index contributed by atoms with van der Waals surface area (Å²) >= 11 is 3.54. The highest BCUT2D eigenvalue weighted by atomic mass is 79.9. The molecule has 1 heterocycles. The van der Waals surface area contributed by atoms with Crippen molar-refractivity contribution in [2.24, 2.45) is 0 Å². The molecular weight excluding hydrogens is 272 g/mol. The molecule has 0 saturated carbocycles. The number of amides is 3. The van der Waals surface area contributed by atoms with Crippen LogP contribution in [0.3, 0.4) is 0 Å². The number of rotatable bonds is 0. The van der Waals surface area contributed by atoms with Crippen LogP contribution < -0.4 is 10.6 Å². The van der Waals surface area contributed by atoms with Crippen LogP contribution in [-0.2, 0) is 10.3 Å². The maximum absolute atomic E-state index is 11.9. The Morgan fingerprint density at radius 2 is 2.06 bits per heavy atom. The molecule has 16 heavy (non-hydrogen) atoms. The molecule has 0 bridgehead atoms. The first-order valence-electron chi connectivity index (χ1n) is 5.00. The van der Waals surface area contributed by atoms with Crippen LogP contribution >= 0.6 is 15.9 Å². The van der Waals surface area contributed by atoms with Crippen LogP contribution in [0.25, 0.3) is 0 Å². The summed E-state index contributed by atoms with van der Waals surface area (Å²) in [5.41, 5.74) is 1.09. The zero-order valence-electron chi connectivity index (χ0n) is 8.29. The Morgan fingerprint density at radius 1 is 1.31 bits per heavy atom. The first kappa shape index (κ1) is 9.84. The Labute approximate surface area is 101 Å². The minimum atomic E-state index is -0.873. The van der Waals surface area contributed by atoms with E-state index in [9.17, 15) is 9.59 Å². The maximum Gasteiger partial charge on any atom is 0.322 e. The van der Waals surface area contributed by atoms with Gasteiger partial charge in [0, 0.05) is 11.2 Å². The van der Waals surface area contributed by atoms with Gasteiger partial charge in [0.2, 0.25) is 0 Å². The third kappa shape index (κ3) is 1.09.